The molecule has 0 spiro atoms. The van der Waals surface area contributed by atoms with Crippen LogP contribution in [0.3, 0.4) is 0 Å². The van der Waals surface area contributed by atoms with E-state index in [2.05, 4.69) is 4.98 Å². The average molecular weight is 318 g/mol. The van der Waals surface area contributed by atoms with Gasteiger partial charge >= 0.3 is 0 Å². The summed E-state index contributed by atoms with van der Waals surface area (Å²) >= 11 is 6.02. The minimum atomic E-state index is -0.940. The Morgan fingerprint density at radius 2 is 2.15 bits per heavy atom. The number of halogens is 1. The molecule has 0 saturated carbocycles. The molecule has 2 unspecified atom stereocenters. The molecule has 0 radical (unpaired) electrons. The predicted molar refractivity (Wildman–Crippen MR) is 81.6 cm³/mol. The van der Waals surface area contributed by atoms with E-state index in [0.717, 1.165) is 0 Å². The topological polar surface area (TPSA) is 59.2 Å². The van der Waals surface area contributed by atoms with Gasteiger partial charge in [0.05, 0.1) is 10.6 Å². The normalized spacial score (nSPS) is 33.0. The van der Waals surface area contributed by atoms with Crippen LogP contribution in [0, 0.1) is 5.92 Å². The van der Waals surface area contributed by atoms with Crippen LogP contribution in [0.25, 0.3) is 0 Å². The Balaban J connectivity index is 2.61. The van der Waals surface area contributed by atoms with Gasteiger partial charge in [0.1, 0.15) is 5.60 Å². The maximum absolute atomic E-state index is 12.3. The summed E-state index contributed by atoms with van der Waals surface area (Å²) in [7, 11) is 0.659. The Labute approximate surface area is 126 Å². The van der Waals surface area contributed by atoms with E-state index in [1.165, 1.54) is 6.20 Å². The quantitative estimate of drug-likeness (QED) is 0.911. The molecule has 112 valence electrons. The Morgan fingerprint density at radius 3 is 2.75 bits per heavy atom. The highest BCUT2D eigenvalue weighted by atomic mass is 35.5. The number of ether oxygens (including phenoxy) is 1. The average Bonchev–Trinajstić information content (AvgIpc) is 2.37. The van der Waals surface area contributed by atoms with Gasteiger partial charge in [0.2, 0.25) is 0 Å². The predicted octanol–water partition coefficient (Wildman–Crippen LogP) is 2.44. The molecule has 1 aromatic heterocycles. The zero-order chi connectivity index (χ0) is 15.1. The number of rotatable bonds is 2. The first kappa shape index (κ1) is 15.7. The molecule has 2 heterocycles. The first-order valence-electron chi connectivity index (χ1n) is 6.55. The molecule has 1 fully saturated rings. The van der Waals surface area contributed by atoms with Crippen molar-refractivity contribution in [3.63, 3.8) is 0 Å². The molecule has 6 heteroatoms. The van der Waals surface area contributed by atoms with Crippen LogP contribution in [0.5, 0.6) is 0 Å². The van der Waals surface area contributed by atoms with Crippen molar-refractivity contribution >= 4 is 22.4 Å². The summed E-state index contributed by atoms with van der Waals surface area (Å²) in [5.41, 5.74) is -0.438. The number of aromatic amines is 1. The first-order valence-corrected chi connectivity index (χ1v) is 8.25. The molecular formula is C14H20ClNO3S. The monoisotopic (exact) mass is 317 g/mol. The largest absolute Gasteiger partial charge is 0.373 e. The summed E-state index contributed by atoms with van der Waals surface area (Å²) in [6.45, 7) is 5.86. The number of hydrogen-bond donors (Lipinski definition) is 1. The molecule has 0 amide bonds. The van der Waals surface area contributed by atoms with Crippen molar-refractivity contribution in [3.8, 4) is 0 Å². The number of nitrogens with one attached hydrogen (secondary N) is 1. The fraction of sp³-hybridized carbons (Fsp3) is 0.643. The molecule has 3 atom stereocenters. The van der Waals surface area contributed by atoms with E-state index in [9.17, 15) is 9.00 Å². The van der Waals surface area contributed by atoms with Crippen LogP contribution in [0.1, 0.15) is 32.8 Å². The smallest absolute Gasteiger partial charge is 0.254 e. The number of hydrogen-bond acceptors (Lipinski definition) is 3. The first-order chi connectivity index (χ1) is 9.23. The maximum atomic E-state index is 12.3. The minimum Gasteiger partial charge on any atom is -0.373 e. The highest BCUT2D eigenvalue weighted by molar-refractivity contribution is 7.86. The number of H-pyrrole nitrogens is 1. The van der Waals surface area contributed by atoms with Gasteiger partial charge in [0.25, 0.3) is 5.56 Å². The molecule has 0 aromatic carbocycles. The maximum Gasteiger partial charge on any atom is 0.254 e. The molecular weight excluding hydrogens is 298 g/mol. The van der Waals surface area contributed by atoms with Crippen LogP contribution in [-0.4, -0.2) is 26.8 Å². The van der Waals surface area contributed by atoms with Gasteiger partial charge in [-0.15, -0.1) is 0 Å². The summed E-state index contributed by atoms with van der Waals surface area (Å²) in [5, 5.41) is 0.465. The highest BCUT2D eigenvalue weighted by Crippen LogP contribution is 2.46. The van der Waals surface area contributed by atoms with E-state index in [4.69, 9.17) is 16.3 Å². The van der Waals surface area contributed by atoms with Gasteiger partial charge in [0, 0.05) is 40.5 Å². The number of pyridine rings is 1. The van der Waals surface area contributed by atoms with E-state index in [1.807, 2.05) is 20.8 Å². The molecule has 0 aliphatic carbocycles. The van der Waals surface area contributed by atoms with Gasteiger partial charge in [-0.05, 0) is 26.3 Å². The SMILES string of the molecule is COC1(c2cc(Cl)c[nH]c2=O)CC(C)(C)S(=O)C[C@@H]1C. The van der Waals surface area contributed by atoms with Crippen molar-refractivity contribution in [2.45, 2.75) is 37.5 Å². The fourth-order valence-corrected chi connectivity index (χ4v) is 4.70. The summed E-state index contributed by atoms with van der Waals surface area (Å²) in [6, 6.07) is 1.66. The fourth-order valence-electron chi connectivity index (χ4n) is 2.99. The summed E-state index contributed by atoms with van der Waals surface area (Å²) < 4.78 is 17.6. The molecule has 1 aliphatic rings. The van der Waals surface area contributed by atoms with Crippen LogP contribution in [-0.2, 0) is 21.1 Å². The zero-order valence-electron chi connectivity index (χ0n) is 12.2. The lowest BCUT2D eigenvalue weighted by molar-refractivity contribution is -0.0703. The van der Waals surface area contributed by atoms with Crippen molar-refractivity contribution < 1.29 is 8.95 Å². The third-order valence-electron chi connectivity index (χ3n) is 4.19. The lowest BCUT2D eigenvalue weighted by Gasteiger charge is -2.47. The second-order valence-electron chi connectivity index (χ2n) is 6.00. The van der Waals surface area contributed by atoms with E-state index in [1.54, 1.807) is 13.2 Å². The van der Waals surface area contributed by atoms with Gasteiger partial charge in [-0.3, -0.25) is 9.00 Å². The Kier molecular flexibility index (Phi) is 4.15. The van der Waals surface area contributed by atoms with E-state index < -0.39 is 21.1 Å². The molecule has 1 saturated heterocycles. The van der Waals surface area contributed by atoms with Gasteiger partial charge < -0.3 is 9.72 Å². The van der Waals surface area contributed by atoms with E-state index >= 15 is 0 Å². The third-order valence-corrected chi connectivity index (χ3v) is 6.59. The van der Waals surface area contributed by atoms with Crippen LogP contribution >= 0.6 is 11.6 Å². The van der Waals surface area contributed by atoms with Crippen molar-refractivity contribution in [2.75, 3.05) is 12.9 Å². The van der Waals surface area contributed by atoms with Gasteiger partial charge in [0.15, 0.2) is 0 Å². The molecule has 2 rings (SSSR count). The van der Waals surface area contributed by atoms with E-state index in [0.29, 0.717) is 22.8 Å². The highest BCUT2D eigenvalue weighted by Gasteiger charge is 2.51. The lowest BCUT2D eigenvalue weighted by Crippen LogP contribution is -2.53. The Morgan fingerprint density at radius 1 is 1.50 bits per heavy atom. The van der Waals surface area contributed by atoms with Crippen molar-refractivity contribution in [1.82, 2.24) is 4.98 Å². The summed E-state index contributed by atoms with van der Waals surface area (Å²) in [4.78, 5) is 14.8. The van der Waals surface area contributed by atoms with Gasteiger partial charge in [-0.25, -0.2) is 0 Å². The molecule has 1 aliphatic heterocycles. The molecule has 1 aromatic rings. The number of aromatic nitrogens is 1. The van der Waals surface area contributed by atoms with Gasteiger partial charge in [-0.2, -0.15) is 0 Å². The number of methoxy groups -OCH3 is 1. The lowest BCUT2D eigenvalue weighted by atomic mass is 9.76. The van der Waals surface area contributed by atoms with Crippen LogP contribution in [0.2, 0.25) is 5.02 Å². The van der Waals surface area contributed by atoms with Gasteiger partial charge in [-0.1, -0.05) is 18.5 Å². The van der Waals surface area contributed by atoms with Crippen molar-refractivity contribution in [3.05, 3.63) is 33.2 Å². The van der Waals surface area contributed by atoms with Crippen molar-refractivity contribution in [1.29, 1.82) is 0 Å². The Hall–Kier alpha value is -0.650. The third kappa shape index (κ3) is 2.47. The second-order valence-corrected chi connectivity index (χ2v) is 8.57. The van der Waals surface area contributed by atoms with Crippen LogP contribution in [0.15, 0.2) is 17.1 Å². The Bertz CT molecular complexity index is 598. The summed E-state index contributed by atoms with van der Waals surface area (Å²) in [6.07, 6.45) is 1.99. The second kappa shape index (κ2) is 5.28. The zero-order valence-corrected chi connectivity index (χ0v) is 13.7. The van der Waals surface area contributed by atoms with E-state index in [-0.39, 0.29) is 11.5 Å². The molecule has 20 heavy (non-hydrogen) atoms. The van der Waals surface area contributed by atoms with Crippen molar-refractivity contribution in [2.24, 2.45) is 5.92 Å². The van der Waals surface area contributed by atoms with Crippen LogP contribution < -0.4 is 5.56 Å². The standard InChI is InChI=1S/C14H20ClNO3S/c1-9-7-20(18)13(2,3)8-14(9,19-4)11-5-10(15)6-16-12(11)17/h5-6,9H,7-8H2,1-4H3,(H,16,17)/t9-,14?,20?/m0/s1. The van der Waals surface area contributed by atoms with Crippen LogP contribution in [0.4, 0.5) is 0 Å². The summed E-state index contributed by atoms with van der Waals surface area (Å²) in [5.74, 6) is 0.480. The molecule has 4 nitrogen and oxygen atoms in total. The molecule has 1 N–H and O–H groups in total. The minimum absolute atomic E-state index is 0.0269. The molecule has 0 bridgehead atoms.